The molecule has 1 aromatic heterocycles. The van der Waals surface area contributed by atoms with Gasteiger partial charge in [0.1, 0.15) is 0 Å². The second-order valence-corrected chi connectivity index (χ2v) is 4.69. The highest BCUT2D eigenvalue weighted by molar-refractivity contribution is 9.10. The lowest BCUT2D eigenvalue weighted by molar-refractivity contribution is 0.578. The summed E-state index contributed by atoms with van der Waals surface area (Å²) >= 11 is 3.38. The standard InChI is InChI=1S/C12H14BrN3/c13-11-8-15-16(9-11)6-2-4-10-3-1-5-12(14)7-10/h1,3,5,7-9H,2,4,6,14H2. The predicted molar refractivity (Wildman–Crippen MR) is 69.1 cm³/mol. The van der Waals surface area contributed by atoms with Gasteiger partial charge in [-0.1, -0.05) is 12.1 Å². The van der Waals surface area contributed by atoms with E-state index in [1.54, 1.807) is 6.20 Å². The normalized spacial score (nSPS) is 10.6. The highest BCUT2D eigenvalue weighted by atomic mass is 79.9. The lowest BCUT2D eigenvalue weighted by Crippen LogP contribution is -2.00. The third-order valence-electron chi connectivity index (χ3n) is 2.41. The van der Waals surface area contributed by atoms with Crippen LogP contribution >= 0.6 is 15.9 Å². The van der Waals surface area contributed by atoms with Crippen molar-refractivity contribution in [2.45, 2.75) is 19.4 Å². The van der Waals surface area contributed by atoms with Crippen LogP contribution in [0, 0.1) is 0 Å². The van der Waals surface area contributed by atoms with Crippen LogP contribution in [0.4, 0.5) is 5.69 Å². The molecule has 0 amide bonds. The lowest BCUT2D eigenvalue weighted by atomic mass is 10.1. The molecule has 0 saturated carbocycles. The molecule has 16 heavy (non-hydrogen) atoms. The maximum Gasteiger partial charge on any atom is 0.0632 e. The summed E-state index contributed by atoms with van der Waals surface area (Å²) in [6.07, 6.45) is 5.89. The SMILES string of the molecule is Nc1cccc(CCCn2cc(Br)cn2)c1. The molecule has 0 saturated heterocycles. The number of halogens is 1. The van der Waals surface area contributed by atoms with Crippen LogP contribution in [0.2, 0.25) is 0 Å². The number of hydrogen-bond acceptors (Lipinski definition) is 2. The number of nitrogen functional groups attached to an aromatic ring is 1. The zero-order valence-corrected chi connectivity index (χ0v) is 10.5. The lowest BCUT2D eigenvalue weighted by Gasteiger charge is -2.03. The molecule has 1 aromatic carbocycles. The highest BCUT2D eigenvalue weighted by Crippen LogP contribution is 2.10. The summed E-state index contributed by atoms with van der Waals surface area (Å²) in [7, 11) is 0. The van der Waals surface area contributed by atoms with Crippen molar-refractivity contribution in [3.8, 4) is 0 Å². The first kappa shape index (κ1) is 11.2. The van der Waals surface area contributed by atoms with Gasteiger partial charge in [0.2, 0.25) is 0 Å². The average molecular weight is 280 g/mol. The van der Waals surface area contributed by atoms with E-state index in [0.717, 1.165) is 29.5 Å². The molecule has 0 radical (unpaired) electrons. The predicted octanol–water partition coefficient (Wildman–Crippen LogP) is 2.86. The van der Waals surface area contributed by atoms with Crippen molar-refractivity contribution < 1.29 is 0 Å². The van der Waals surface area contributed by atoms with Gasteiger partial charge in [-0.15, -0.1) is 0 Å². The minimum atomic E-state index is 0.833. The molecule has 84 valence electrons. The van der Waals surface area contributed by atoms with E-state index in [1.165, 1.54) is 5.56 Å². The first-order valence-electron chi connectivity index (χ1n) is 5.26. The smallest absolute Gasteiger partial charge is 0.0632 e. The van der Waals surface area contributed by atoms with E-state index in [-0.39, 0.29) is 0 Å². The molecular formula is C12H14BrN3. The number of hydrogen-bond donors (Lipinski definition) is 1. The van der Waals surface area contributed by atoms with E-state index < -0.39 is 0 Å². The molecule has 0 atom stereocenters. The summed E-state index contributed by atoms with van der Waals surface area (Å²) in [5.41, 5.74) is 7.84. The number of rotatable bonds is 4. The zero-order valence-electron chi connectivity index (χ0n) is 8.94. The van der Waals surface area contributed by atoms with Crippen molar-refractivity contribution in [3.63, 3.8) is 0 Å². The molecule has 0 fully saturated rings. The Morgan fingerprint density at radius 2 is 2.25 bits per heavy atom. The third-order valence-corrected chi connectivity index (χ3v) is 2.81. The van der Waals surface area contributed by atoms with Crippen molar-refractivity contribution in [1.29, 1.82) is 0 Å². The molecule has 1 heterocycles. The molecule has 2 aromatic rings. The van der Waals surface area contributed by atoms with Gasteiger partial charge in [-0.2, -0.15) is 5.10 Å². The van der Waals surface area contributed by atoms with Gasteiger partial charge in [0.25, 0.3) is 0 Å². The Kier molecular flexibility index (Phi) is 3.62. The summed E-state index contributed by atoms with van der Waals surface area (Å²) in [6, 6.07) is 8.04. The molecule has 0 aliphatic carbocycles. The Balaban J connectivity index is 1.84. The van der Waals surface area contributed by atoms with E-state index in [9.17, 15) is 0 Å². The maximum absolute atomic E-state index is 5.72. The topological polar surface area (TPSA) is 43.8 Å². The van der Waals surface area contributed by atoms with Crippen molar-refractivity contribution in [2.24, 2.45) is 0 Å². The van der Waals surface area contributed by atoms with E-state index in [4.69, 9.17) is 5.73 Å². The number of aryl methyl sites for hydroxylation is 2. The Labute approximate surface area is 103 Å². The molecule has 2 rings (SSSR count). The van der Waals surface area contributed by atoms with Crippen LogP contribution < -0.4 is 5.73 Å². The second kappa shape index (κ2) is 5.16. The largest absolute Gasteiger partial charge is 0.399 e. The highest BCUT2D eigenvalue weighted by Gasteiger charge is 1.97. The molecule has 3 nitrogen and oxygen atoms in total. The van der Waals surface area contributed by atoms with Crippen LogP contribution in [0.15, 0.2) is 41.1 Å². The Bertz CT molecular complexity index is 465. The van der Waals surface area contributed by atoms with Gasteiger partial charge in [-0.25, -0.2) is 0 Å². The fourth-order valence-corrected chi connectivity index (χ4v) is 1.98. The van der Waals surface area contributed by atoms with Crippen LogP contribution in [-0.2, 0) is 13.0 Å². The molecule has 0 aliphatic heterocycles. The summed E-state index contributed by atoms with van der Waals surface area (Å²) in [6.45, 7) is 0.931. The molecule has 0 unspecified atom stereocenters. The van der Waals surface area contributed by atoms with Crippen LogP contribution in [-0.4, -0.2) is 9.78 Å². The first-order chi connectivity index (χ1) is 7.74. The maximum atomic E-state index is 5.72. The number of aromatic nitrogens is 2. The van der Waals surface area contributed by atoms with Crippen LogP contribution in [0.25, 0.3) is 0 Å². The minimum absolute atomic E-state index is 0.833. The number of anilines is 1. The van der Waals surface area contributed by atoms with Crippen molar-refractivity contribution >= 4 is 21.6 Å². The zero-order chi connectivity index (χ0) is 11.4. The van der Waals surface area contributed by atoms with Gasteiger partial charge in [0, 0.05) is 18.4 Å². The van der Waals surface area contributed by atoms with Crippen LogP contribution in [0.3, 0.4) is 0 Å². The number of nitrogens with zero attached hydrogens (tertiary/aromatic N) is 2. The van der Waals surface area contributed by atoms with E-state index in [1.807, 2.05) is 29.1 Å². The van der Waals surface area contributed by atoms with Gasteiger partial charge >= 0.3 is 0 Å². The summed E-state index contributed by atoms with van der Waals surface area (Å²) < 4.78 is 2.97. The van der Waals surface area contributed by atoms with Crippen LogP contribution in [0.1, 0.15) is 12.0 Å². The van der Waals surface area contributed by atoms with Gasteiger partial charge in [0.15, 0.2) is 0 Å². The van der Waals surface area contributed by atoms with Crippen LogP contribution in [0.5, 0.6) is 0 Å². The second-order valence-electron chi connectivity index (χ2n) is 3.77. The minimum Gasteiger partial charge on any atom is -0.399 e. The fraction of sp³-hybridized carbons (Fsp3) is 0.250. The number of benzene rings is 1. The summed E-state index contributed by atoms with van der Waals surface area (Å²) in [5.74, 6) is 0. The van der Waals surface area contributed by atoms with Gasteiger partial charge in [0.05, 0.1) is 10.7 Å². The molecule has 2 N–H and O–H groups in total. The summed E-state index contributed by atoms with van der Waals surface area (Å²) in [5, 5.41) is 4.21. The Morgan fingerprint density at radius 1 is 1.38 bits per heavy atom. The number of nitrogens with two attached hydrogens (primary N) is 1. The monoisotopic (exact) mass is 279 g/mol. The van der Waals surface area contributed by atoms with Gasteiger partial charge in [-0.3, -0.25) is 4.68 Å². The average Bonchev–Trinajstić information content (AvgIpc) is 2.64. The quantitative estimate of drug-likeness (QED) is 0.875. The van der Waals surface area contributed by atoms with E-state index in [2.05, 4.69) is 27.1 Å². The Morgan fingerprint density at radius 3 is 2.94 bits per heavy atom. The molecule has 0 aliphatic rings. The molecule has 0 bridgehead atoms. The van der Waals surface area contributed by atoms with E-state index in [0.29, 0.717) is 0 Å². The van der Waals surface area contributed by atoms with Crippen molar-refractivity contribution in [1.82, 2.24) is 9.78 Å². The van der Waals surface area contributed by atoms with Crippen molar-refractivity contribution in [2.75, 3.05) is 5.73 Å². The summed E-state index contributed by atoms with van der Waals surface area (Å²) in [4.78, 5) is 0. The fourth-order valence-electron chi connectivity index (χ4n) is 1.65. The Hall–Kier alpha value is -1.29. The van der Waals surface area contributed by atoms with Crippen molar-refractivity contribution in [3.05, 3.63) is 46.7 Å². The van der Waals surface area contributed by atoms with Gasteiger partial charge < -0.3 is 5.73 Å². The van der Waals surface area contributed by atoms with Gasteiger partial charge in [-0.05, 0) is 46.5 Å². The molecule has 4 heteroatoms. The first-order valence-corrected chi connectivity index (χ1v) is 6.06. The third kappa shape index (κ3) is 3.10. The molecular weight excluding hydrogens is 266 g/mol. The molecule has 0 spiro atoms. The van der Waals surface area contributed by atoms with E-state index >= 15 is 0 Å².